The quantitative estimate of drug-likeness (QED) is 0.528. The van der Waals surface area contributed by atoms with E-state index in [0.717, 1.165) is 5.56 Å². The summed E-state index contributed by atoms with van der Waals surface area (Å²) in [5, 5.41) is 6.24. The summed E-state index contributed by atoms with van der Waals surface area (Å²) in [5.74, 6) is 0.838. The summed E-state index contributed by atoms with van der Waals surface area (Å²) in [4.78, 5) is 6.49. The standard InChI is InChI=1S/C21H20Cl2N4O3S/c22-17-6-7-18(19(23)14-17)21-24-20(25-30-21)15-26-9-11-27(12-10-26)31(28,29)13-8-16-4-2-1-3-5-16/h1-8,13-14H,9-12,15H2/b13-8+. The van der Waals surface area contributed by atoms with Crippen molar-refractivity contribution >= 4 is 39.3 Å². The zero-order valence-electron chi connectivity index (χ0n) is 16.5. The van der Waals surface area contributed by atoms with Crippen LogP contribution in [-0.4, -0.2) is 53.9 Å². The van der Waals surface area contributed by atoms with Gasteiger partial charge in [0.05, 0.1) is 17.1 Å². The number of hydrogen-bond acceptors (Lipinski definition) is 6. The Hall–Kier alpha value is -2.23. The van der Waals surface area contributed by atoms with Crippen molar-refractivity contribution in [3.05, 3.63) is 75.4 Å². The van der Waals surface area contributed by atoms with Crippen LogP contribution >= 0.6 is 23.2 Å². The van der Waals surface area contributed by atoms with Crippen LogP contribution in [0.1, 0.15) is 11.4 Å². The number of nitrogens with zero attached hydrogens (tertiary/aromatic N) is 4. The van der Waals surface area contributed by atoms with Gasteiger partial charge in [-0.2, -0.15) is 9.29 Å². The fourth-order valence-electron chi connectivity index (χ4n) is 3.25. The minimum Gasteiger partial charge on any atom is -0.334 e. The van der Waals surface area contributed by atoms with Crippen LogP contribution < -0.4 is 0 Å². The molecule has 1 aliphatic rings. The van der Waals surface area contributed by atoms with Crippen molar-refractivity contribution in [3.8, 4) is 11.5 Å². The third-order valence-electron chi connectivity index (χ3n) is 4.92. The van der Waals surface area contributed by atoms with E-state index in [2.05, 4.69) is 15.0 Å². The highest BCUT2D eigenvalue weighted by atomic mass is 35.5. The van der Waals surface area contributed by atoms with Gasteiger partial charge in [0.25, 0.3) is 5.89 Å². The second kappa shape index (κ2) is 9.50. The number of benzene rings is 2. The first-order valence-corrected chi connectivity index (χ1v) is 11.9. The summed E-state index contributed by atoms with van der Waals surface area (Å²) in [5.41, 5.74) is 1.46. The molecule has 31 heavy (non-hydrogen) atoms. The van der Waals surface area contributed by atoms with Crippen LogP contribution in [0.4, 0.5) is 0 Å². The maximum absolute atomic E-state index is 12.6. The Kier molecular flexibility index (Phi) is 6.74. The molecule has 10 heteroatoms. The zero-order valence-corrected chi connectivity index (χ0v) is 18.8. The predicted molar refractivity (Wildman–Crippen MR) is 121 cm³/mol. The third kappa shape index (κ3) is 5.53. The van der Waals surface area contributed by atoms with Crippen LogP contribution in [0.5, 0.6) is 0 Å². The molecule has 3 aromatic rings. The molecule has 0 bridgehead atoms. The van der Waals surface area contributed by atoms with E-state index >= 15 is 0 Å². The molecule has 1 aromatic heterocycles. The molecule has 7 nitrogen and oxygen atoms in total. The average molecular weight is 479 g/mol. The van der Waals surface area contributed by atoms with E-state index in [1.807, 2.05) is 30.3 Å². The monoisotopic (exact) mass is 478 g/mol. The molecule has 0 spiro atoms. The van der Waals surface area contributed by atoms with Crippen LogP contribution in [-0.2, 0) is 16.6 Å². The first-order valence-electron chi connectivity index (χ1n) is 9.64. The van der Waals surface area contributed by atoms with E-state index < -0.39 is 10.0 Å². The van der Waals surface area contributed by atoms with Crippen LogP contribution in [0.2, 0.25) is 10.0 Å². The second-order valence-electron chi connectivity index (χ2n) is 7.07. The maximum atomic E-state index is 12.6. The largest absolute Gasteiger partial charge is 0.334 e. The molecular weight excluding hydrogens is 459 g/mol. The number of aromatic nitrogens is 2. The highest BCUT2D eigenvalue weighted by Gasteiger charge is 2.26. The molecule has 0 radical (unpaired) electrons. The van der Waals surface area contributed by atoms with Crippen molar-refractivity contribution < 1.29 is 12.9 Å². The van der Waals surface area contributed by atoms with Crippen molar-refractivity contribution in [2.24, 2.45) is 0 Å². The maximum Gasteiger partial charge on any atom is 0.259 e. The number of piperazine rings is 1. The second-order valence-corrected chi connectivity index (χ2v) is 9.74. The Morgan fingerprint density at radius 2 is 1.77 bits per heavy atom. The summed E-state index contributed by atoms with van der Waals surface area (Å²) in [7, 11) is -3.47. The molecule has 0 aliphatic carbocycles. The Morgan fingerprint density at radius 1 is 1.03 bits per heavy atom. The third-order valence-corrected chi connectivity index (χ3v) is 7.03. The van der Waals surface area contributed by atoms with Gasteiger partial charge in [-0.15, -0.1) is 0 Å². The van der Waals surface area contributed by atoms with Gasteiger partial charge >= 0.3 is 0 Å². The van der Waals surface area contributed by atoms with E-state index in [4.69, 9.17) is 27.7 Å². The lowest BCUT2D eigenvalue weighted by Gasteiger charge is -2.32. The summed E-state index contributed by atoms with van der Waals surface area (Å²) >= 11 is 12.1. The highest BCUT2D eigenvalue weighted by Crippen LogP contribution is 2.29. The fraction of sp³-hybridized carbons (Fsp3) is 0.238. The van der Waals surface area contributed by atoms with Gasteiger partial charge < -0.3 is 4.52 Å². The van der Waals surface area contributed by atoms with E-state index in [1.165, 1.54) is 9.71 Å². The van der Waals surface area contributed by atoms with Crippen molar-refractivity contribution in [3.63, 3.8) is 0 Å². The molecular formula is C21H20Cl2N4O3S. The highest BCUT2D eigenvalue weighted by molar-refractivity contribution is 7.92. The van der Waals surface area contributed by atoms with Gasteiger partial charge in [0.1, 0.15) is 0 Å². The topological polar surface area (TPSA) is 79.5 Å². The van der Waals surface area contributed by atoms with Gasteiger partial charge in [-0.1, -0.05) is 58.7 Å². The first-order chi connectivity index (χ1) is 14.9. The Morgan fingerprint density at radius 3 is 2.48 bits per heavy atom. The van der Waals surface area contributed by atoms with Crippen molar-refractivity contribution in [1.82, 2.24) is 19.3 Å². The van der Waals surface area contributed by atoms with E-state index in [9.17, 15) is 8.42 Å². The van der Waals surface area contributed by atoms with Gasteiger partial charge in [0.15, 0.2) is 5.82 Å². The number of rotatable bonds is 6. The molecule has 4 rings (SSSR count). The van der Waals surface area contributed by atoms with Crippen molar-refractivity contribution in [2.45, 2.75) is 6.54 Å². The Balaban J connectivity index is 1.34. The number of halogens is 2. The molecule has 1 fully saturated rings. The van der Waals surface area contributed by atoms with Gasteiger partial charge in [-0.3, -0.25) is 4.90 Å². The molecule has 1 saturated heterocycles. The lowest BCUT2D eigenvalue weighted by molar-refractivity contribution is 0.177. The van der Waals surface area contributed by atoms with Crippen molar-refractivity contribution in [2.75, 3.05) is 26.2 Å². The molecule has 162 valence electrons. The number of hydrogen-bond donors (Lipinski definition) is 0. The Bertz CT molecular complexity index is 1170. The molecule has 0 amide bonds. The van der Waals surface area contributed by atoms with Crippen LogP contribution in [0.3, 0.4) is 0 Å². The van der Waals surface area contributed by atoms with E-state index in [0.29, 0.717) is 60.0 Å². The molecule has 2 aromatic carbocycles. The molecule has 1 aliphatic heterocycles. The summed E-state index contributed by atoms with van der Waals surface area (Å²) < 4.78 is 32.0. The lowest BCUT2D eigenvalue weighted by Crippen LogP contribution is -2.47. The molecule has 0 unspecified atom stereocenters. The van der Waals surface area contributed by atoms with E-state index in [1.54, 1.807) is 24.3 Å². The van der Waals surface area contributed by atoms with Crippen LogP contribution in [0, 0.1) is 0 Å². The van der Waals surface area contributed by atoms with Crippen LogP contribution in [0.15, 0.2) is 58.5 Å². The summed E-state index contributed by atoms with van der Waals surface area (Å²) in [6.07, 6.45) is 1.62. The summed E-state index contributed by atoms with van der Waals surface area (Å²) in [6, 6.07) is 14.4. The molecule has 2 heterocycles. The van der Waals surface area contributed by atoms with Crippen LogP contribution in [0.25, 0.3) is 17.5 Å². The Labute approximate surface area is 190 Å². The smallest absolute Gasteiger partial charge is 0.259 e. The van der Waals surface area contributed by atoms with Gasteiger partial charge in [-0.25, -0.2) is 8.42 Å². The van der Waals surface area contributed by atoms with Gasteiger partial charge in [0, 0.05) is 36.6 Å². The van der Waals surface area contributed by atoms with Gasteiger partial charge in [-0.05, 0) is 29.8 Å². The number of sulfonamides is 1. The lowest BCUT2D eigenvalue weighted by atomic mass is 10.2. The minimum atomic E-state index is -3.47. The first kappa shape index (κ1) is 22.0. The SMILES string of the molecule is O=S(=O)(/C=C/c1ccccc1)N1CCN(Cc2noc(-c3ccc(Cl)cc3Cl)n2)CC1. The van der Waals surface area contributed by atoms with Crippen molar-refractivity contribution in [1.29, 1.82) is 0 Å². The minimum absolute atomic E-state index is 0.323. The molecule has 0 N–H and O–H groups in total. The van der Waals surface area contributed by atoms with E-state index in [-0.39, 0.29) is 0 Å². The van der Waals surface area contributed by atoms with Gasteiger partial charge in [0.2, 0.25) is 10.0 Å². The summed E-state index contributed by atoms with van der Waals surface area (Å²) in [6.45, 7) is 2.40. The molecule has 0 saturated carbocycles. The molecule has 0 atom stereocenters. The predicted octanol–water partition coefficient (Wildman–Crippen LogP) is 4.16. The fourth-order valence-corrected chi connectivity index (χ4v) is 4.91. The average Bonchev–Trinajstić information content (AvgIpc) is 3.21. The zero-order chi connectivity index (χ0) is 21.8. The normalized spacial score (nSPS) is 16.2.